The molecule has 0 radical (unpaired) electrons. The number of hydrogen-bond donors (Lipinski definition) is 1. The van der Waals surface area contributed by atoms with E-state index in [1.807, 2.05) is 0 Å². The predicted molar refractivity (Wildman–Crippen MR) is 87.0 cm³/mol. The normalized spacial score (nSPS) is 17.3. The van der Waals surface area contributed by atoms with Crippen LogP contribution >= 0.6 is 11.6 Å². The number of rotatable bonds is 4. The summed E-state index contributed by atoms with van der Waals surface area (Å²) in [7, 11) is -1.87. The van der Waals surface area contributed by atoms with E-state index in [9.17, 15) is 8.42 Å². The summed E-state index contributed by atoms with van der Waals surface area (Å²) in [6, 6.07) is 3.07. The lowest BCUT2D eigenvalue weighted by atomic mass is 9.89. The Hall–Kier alpha value is -0.780. The van der Waals surface area contributed by atoms with Crippen LogP contribution in [-0.4, -0.2) is 26.3 Å². The molecule has 6 heteroatoms. The number of halogens is 1. The van der Waals surface area contributed by atoms with Crippen LogP contribution in [0.25, 0.3) is 0 Å². The molecule has 1 aliphatic rings. The molecule has 21 heavy (non-hydrogen) atoms. The van der Waals surface area contributed by atoms with Gasteiger partial charge in [0, 0.05) is 13.6 Å². The fourth-order valence-electron chi connectivity index (χ4n) is 2.95. The molecule has 1 aromatic rings. The van der Waals surface area contributed by atoms with Gasteiger partial charge in [0.25, 0.3) is 0 Å². The van der Waals surface area contributed by atoms with Gasteiger partial charge >= 0.3 is 0 Å². The van der Waals surface area contributed by atoms with E-state index < -0.39 is 10.0 Å². The second kappa shape index (κ2) is 6.55. The summed E-state index contributed by atoms with van der Waals surface area (Å²) in [6.07, 6.45) is 5.89. The van der Waals surface area contributed by atoms with Gasteiger partial charge in [-0.05, 0) is 43.4 Å². The molecule has 2 N–H and O–H groups in total. The zero-order valence-corrected chi connectivity index (χ0v) is 14.2. The monoisotopic (exact) mass is 330 g/mol. The van der Waals surface area contributed by atoms with Gasteiger partial charge in [0.1, 0.15) is 0 Å². The van der Waals surface area contributed by atoms with Gasteiger partial charge in [-0.1, -0.05) is 30.9 Å². The van der Waals surface area contributed by atoms with Gasteiger partial charge in [-0.2, -0.15) is 0 Å². The van der Waals surface area contributed by atoms with Crippen LogP contribution in [0.2, 0.25) is 5.02 Å². The lowest BCUT2D eigenvalue weighted by molar-refractivity contribution is 0.300. The van der Waals surface area contributed by atoms with Crippen LogP contribution in [0, 0.1) is 12.8 Å². The van der Waals surface area contributed by atoms with Gasteiger partial charge in [0.15, 0.2) is 0 Å². The quantitative estimate of drug-likeness (QED) is 0.860. The minimum Gasteiger partial charge on any atom is -0.397 e. The number of nitrogens with zero attached hydrogens (tertiary/aromatic N) is 1. The molecule has 0 amide bonds. The van der Waals surface area contributed by atoms with Gasteiger partial charge in [-0.3, -0.25) is 0 Å². The third kappa shape index (κ3) is 3.71. The van der Waals surface area contributed by atoms with E-state index in [0.717, 1.165) is 12.8 Å². The molecule has 0 bridgehead atoms. The average molecular weight is 331 g/mol. The van der Waals surface area contributed by atoms with Crippen molar-refractivity contribution in [3.8, 4) is 0 Å². The maximum Gasteiger partial charge on any atom is 0.243 e. The molecule has 1 aromatic carbocycles. The van der Waals surface area contributed by atoms with Gasteiger partial charge < -0.3 is 5.73 Å². The van der Waals surface area contributed by atoms with Crippen molar-refractivity contribution in [3.63, 3.8) is 0 Å². The Kier molecular flexibility index (Phi) is 5.17. The van der Waals surface area contributed by atoms with Crippen molar-refractivity contribution < 1.29 is 8.42 Å². The molecule has 0 saturated heterocycles. The lowest BCUT2D eigenvalue weighted by Crippen LogP contribution is -2.33. The lowest BCUT2D eigenvalue weighted by Gasteiger charge is -2.27. The Labute approximate surface area is 132 Å². The molecule has 1 aliphatic carbocycles. The number of nitrogen functional groups attached to an aromatic ring is 1. The first-order valence-corrected chi connectivity index (χ1v) is 9.16. The molecule has 1 fully saturated rings. The fourth-order valence-corrected chi connectivity index (χ4v) is 4.65. The van der Waals surface area contributed by atoms with Crippen LogP contribution in [0.5, 0.6) is 0 Å². The van der Waals surface area contributed by atoms with Gasteiger partial charge in [0.2, 0.25) is 10.0 Å². The molecular formula is C15H23ClN2O2S. The van der Waals surface area contributed by atoms with E-state index in [1.165, 1.54) is 29.6 Å². The van der Waals surface area contributed by atoms with Crippen molar-refractivity contribution in [3.05, 3.63) is 22.7 Å². The molecular weight excluding hydrogens is 308 g/mol. The highest BCUT2D eigenvalue weighted by Gasteiger charge is 2.26. The van der Waals surface area contributed by atoms with Crippen molar-refractivity contribution >= 4 is 27.3 Å². The number of benzene rings is 1. The third-order valence-electron chi connectivity index (χ3n) is 4.22. The van der Waals surface area contributed by atoms with Gasteiger partial charge in [-0.15, -0.1) is 0 Å². The summed E-state index contributed by atoms with van der Waals surface area (Å²) >= 11 is 5.94. The summed E-state index contributed by atoms with van der Waals surface area (Å²) in [5, 5.41) is 0.390. The van der Waals surface area contributed by atoms with Crippen LogP contribution in [0.15, 0.2) is 17.0 Å². The molecule has 0 spiro atoms. The van der Waals surface area contributed by atoms with E-state index in [0.29, 0.717) is 28.7 Å². The van der Waals surface area contributed by atoms with Crippen molar-refractivity contribution in [2.75, 3.05) is 19.3 Å². The first-order chi connectivity index (χ1) is 9.82. The summed E-state index contributed by atoms with van der Waals surface area (Å²) in [5.41, 5.74) is 6.68. The number of aryl methyl sites for hydroxylation is 1. The minimum absolute atomic E-state index is 0.253. The maximum absolute atomic E-state index is 12.7. The highest BCUT2D eigenvalue weighted by Crippen LogP contribution is 2.30. The Morgan fingerprint density at radius 1 is 1.29 bits per heavy atom. The average Bonchev–Trinajstić information content (AvgIpc) is 2.43. The van der Waals surface area contributed by atoms with E-state index in [-0.39, 0.29) is 4.90 Å². The fraction of sp³-hybridized carbons (Fsp3) is 0.600. The van der Waals surface area contributed by atoms with Crippen LogP contribution in [-0.2, 0) is 10.0 Å². The highest BCUT2D eigenvalue weighted by atomic mass is 35.5. The molecule has 0 atom stereocenters. The second-order valence-corrected chi connectivity index (χ2v) is 8.35. The number of anilines is 1. The molecule has 2 rings (SSSR count). The largest absolute Gasteiger partial charge is 0.397 e. The SMILES string of the molecule is Cc1cc(Cl)c(N)cc1S(=O)(=O)N(C)CC1CCCCC1. The molecule has 0 aliphatic heterocycles. The summed E-state index contributed by atoms with van der Waals surface area (Å²) in [4.78, 5) is 0.253. The van der Waals surface area contributed by atoms with Gasteiger partial charge in [0.05, 0.1) is 15.6 Å². The standard InChI is InChI=1S/C15H23ClN2O2S/c1-11-8-13(16)14(17)9-15(11)21(19,20)18(2)10-12-6-4-3-5-7-12/h8-9,12H,3-7,10,17H2,1-2H3. The molecule has 4 nitrogen and oxygen atoms in total. The predicted octanol–water partition coefficient (Wildman–Crippen LogP) is 3.43. The Balaban J connectivity index is 2.22. The minimum atomic E-state index is -3.51. The second-order valence-electron chi connectivity index (χ2n) is 5.93. The number of sulfonamides is 1. The van der Waals surface area contributed by atoms with Gasteiger partial charge in [-0.25, -0.2) is 12.7 Å². The van der Waals surface area contributed by atoms with E-state index in [1.54, 1.807) is 20.0 Å². The van der Waals surface area contributed by atoms with Crippen LogP contribution in [0.1, 0.15) is 37.7 Å². The first kappa shape index (κ1) is 16.6. The highest BCUT2D eigenvalue weighted by molar-refractivity contribution is 7.89. The molecule has 118 valence electrons. The zero-order valence-electron chi connectivity index (χ0n) is 12.6. The van der Waals surface area contributed by atoms with Crippen molar-refractivity contribution in [1.29, 1.82) is 0 Å². The molecule has 1 saturated carbocycles. The molecule has 0 aromatic heterocycles. The Morgan fingerprint density at radius 2 is 1.90 bits per heavy atom. The molecule has 0 heterocycles. The topological polar surface area (TPSA) is 63.4 Å². The van der Waals surface area contributed by atoms with E-state index in [2.05, 4.69) is 0 Å². The number of hydrogen-bond acceptors (Lipinski definition) is 3. The Morgan fingerprint density at radius 3 is 2.52 bits per heavy atom. The van der Waals surface area contributed by atoms with Crippen molar-refractivity contribution in [2.24, 2.45) is 5.92 Å². The third-order valence-corrected chi connectivity index (χ3v) is 6.52. The maximum atomic E-state index is 12.7. The van der Waals surface area contributed by atoms with Crippen LogP contribution in [0.3, 0.4) is 0 Å². The van der Waals surface area contributed by atoms with E-state index >= 15 is 0 Å². The molecule has 0 unspecified atom stereocenters. The van der Waals surface area contributed by atoms with E-state index in [4.69, 9.17) is 17.3 Å². The zero-order chi connectivity index (χ0) is 15.6. The van der Waals surface area contributed by atoms with Crippen LogP contribution < -0.4 is 5.73 Å². The summed E-state index contributed by atoms with van der Waals surface area (Å²) in [6.45, 7) is 2.32. The van der Waals surface area contributed by atoms with Crippen molar-refractivity contribution in [2.45, 2.75) is 43.9 Å². The number of nitrogens with two attached hydrogens (primary N) is 1. The summed E-state index contributed by atoms with van der Waals surface area (Å²) in [5.74, 6) is 0.462. The Bertz CT molecular complexity index is 610. The summed E-state index contributed by atoms with van der Waals surface area (Å²) < 4.78 is 26.9. The van der Waals surface area contributed by atoms with Crippen molar-refractivity contribution in [1.82, 2.24) is 4.31 Å². The smallest absolute Gasteiger partial charge is 0.243 e. The van der Waals surface area contributed by atoms with Crippen LogP contribution in [0.4, 0.5) is 5.69 Å². The first-order valence-electron chi connectivity index (χ1n) is 7.34.